The zero-order valence-electron chi connectivity index (χ0n) is 12.7. The molecule has 2 N–H and O–H groups in total. The molecule has 1 heterocycles. The summed E-state index contributed by atoms with van der Waals surface area (Å²) in [5.41, 5.74) is 8.88. The van der Waals surface area contributed by atoms with E-state index in [2.05, 4.69) is 9.97 Å². The molecule has 2 aromatic carbocycles. The molecule has 0 amide bonds. The van der Waals surface area contributed by atoms with Gasteiger partial charge in [-0.3, -0.25) is 0 Å². The molecule has 3 rings (SSSR count). The second kappa shape index (κ2) is 6.44. The molecule has 1 aromatic heterocycles. The van der Waals surface area contributed by atoms with Crippen LogP contribution in [0.5, 0.6) is 5.75 Å². The molecule has 0 aliphatic rings. The van der Waals surface area contributed by atoms with Crippen LogP contribution in [0.3, 0.4) is 0 Å². The largest absolute Gasteiger partial charge is 0.494 e. The van der Waals surface area contributed by atoms with E-state index in [9.17, 15) is 4.39 Å². The van der Waals surface area contributed by atoms with Crippen LogP contribution in [0.2, 0.25) is 0 Å². The first kappa shape index (κ1) is 15.0. The van der Waals surface area contributed by atoms with Gasteiger partial charge in [0.2, 0.25) is 5.95 Å². The molecule has 116 valence electrons. The number of benzene rings is 2. The minimum Gasteiger partial charge on any atom is -0.494 e. The van der Waals surface area contributed by atoms with Crippen molar-refractivity contribution in [3.05, 3.63) is 60.4 Å². The fourth-order valence-corrected chi connectivity index (χ4v) is 2.27. The second-order valence-corrected chi connectivity index (χ2v) is 4.96. The molecule has 4 nitrogen and oxygen atoms in total. The highest BCUT2D eigenvalue weighted by atomic mass is 19.1. The van der Waals surface area contributed by atoms with Crippen LogP contribution in [0.4, 0.5) is 10.3 Å². The Labute approximate surface area is 133 Å². The van der Waals surface area contributed by atoms with Crippen molar-refractivity contribution in [3.63, 3.8) is 0 Å². The Balaban J connectivity index is 1.98. The van der Waals surface area contributed by atoms with Crippen molar-refractivity contribution in [2.24, 2.45) is 0 Å². The average molecular weight is 309 g/mol. The Morgan fingerprint density at radius 3 is 1.96 bits per heavy atom. The standard InChI is InChI=1S/C18H16FN3O/c1-2-23-15-9-5-13(6-10-15)17-11-16(21-18(20)22-17)12-3-7-14(19)8-4-12/h3-11H,2H2,1H3,(H2,20,21,22). The summed E-state index contributed by atoms with van der Waals surface area (Å²) < 4.78 is 18.5. The van der Waals surface area contributed by atoms with Crippen LogP contribution in [0.25, 0.3) is 22.5 Å². The van der Waals surface area contributed by atoms with E-state index in [0.717, 1.165) is 16.9 Å². The first-order valence-corrected chi connectivity index (χ1v) is 7.29. The molecule has 0 aliphatic carbocycles. The molecule has 0 bridgehead atoms. The Hall–Kier alpha value is -2.95. The van der Waals surface area contributed by atoms with Gasteiger partial charge in [-0.05, 0) is 61.5 Å². The molecule has 23 heavy (non-hydrogen) atoms. The lowest BCUT2D eigenvalue weighted by Crippen LogP contribution is -1.99. The lowest BCUT2D eigenvalue weighted by Gasteiger charge is -2.08. The molecule has 5 heteroatoms. The topological polar surface area (TPSA) is 61.0 Å². The maximum atomic E-state index is 13.1. The first-order chi connectivity index (χ1) is 11.2. The van der Waals surface area contributed by atoms with Crippen molar-refractivity contribution >= 4 is 5.95 Å². The van der Waals surface area contributed by atoms with E-state index in [0.29, 0.717) is 18.0 Å². The smallest absolute Gasteiger partial charge is 0.221 e. The second-order valence-electron chi connectivity index (χ2n) is 4.96. The molecule has 0 spiro atoms. The summed E-state index contributed by atoms with van der Waals surface area (Å²) in [5, 5.41) is 0. The van der Waals surface area contributed by atoms with Gasteiger partial charge in [0.25, 0.3) is 0 Å². The first-order valence-electron chi connectivity index (χ1n) is 7.29. The molecule has 0 unspecified atom stereocenters. The van der Waals surface area contributed by atoms with E-state index in [-0.39, 0.29) is 11.8 Å². The highest BCUT2D eigenvalue weighted by Gasteiger charge is 2.07. The van der Waals surface area contributed by atoms with Gasteiger partial charge in [0.15, 0.2) is 0 Å². The summed E-state index contributed by atoms with van der Waals surface area (Å²) in [7, 11) is 0. The summed E-state index contributed by atoms with van der Waals surface area (Å²) in [6, 6.07) is 15.6. The molecule has 0 saturated carbocycles. The van der Waals surface area contributed by atoms with Gasteiger partial charge in [-0.25, -0.2) is 14.4 Å². The number of anilines is 1. The van der Waals surface area contributed by atoms with Gasteiger partial charge >= 0.3 is 0 Å². The Kier molecular flexibility index (Phi) is 4.19. The van der Waals surface area contributed by atoms with Gasteiger partial charge in [-0.15, -0.1) is 0 Å². The van der Waals surface area contributed by atoms with Crippen molar-refractivity contribution in [2.45, 2.75) is 6.92 Å². The number of aromatic nitrogens is 2. The molecular weight excluding hydrogens is 293 g/mol. The predicted octanol–water partition coefficient (Wildman–Crippen LogP) is 3.93. The third-order valence-electron chi connectivity index (χ3n) is 3.34. The van der Waals surface area contributed by atoms with Gasteiger partial charge in [0.1, 0.15) is 11.6 Å². The summed E-state index contributed by atoms with van der Waals surface area (Å²) in [4.78, 5) is 8.50. The number of nitrogen functional groups attached to an aromatic ring is 1. The predicted molar refractivity (Wildman–Crippen MR) is 88.4 cm³/mol. The van der Waals surface area contributed by atoms with Crippen molar-refractivity contribution in [1.29, 1.82) is 0 Å². The van der Waals surface area contributed by atoms with Crippen LogP contribution in [0, 0.1) is 5.82 Å². The number of hydrogen-bond acceptors (Lipinski definition) is 4. The molecule has 0 radical (unpaired) electrons. The maximum Gasteiger partial charge on any atom is 0.221 e. The number of hydrogen-bond donors (Lipinski definition) is 1. The van der Waals surface area contributed by atoms with Crippen LogP contribution in [0.15, 0.2) is 54.6 Å². The maximum absolute atomic E-state index is 13.1. The quantitative estimate of drug-likeness (QED) is 0.793. The lowest BCUT2D eigenvalue weighted by atomic mass is 10.1. The number of ether oxygens (including phenoxy) is 1. The van der Waals surface area contributed by atoms with Crippen LogP contribution in [0.1, 0.15) is 6.92 Å². The highest BCUT2D eigenvalue weighted by Crippen LogP contribution is 2.26. The van der Waals surface area contributed by atoms with E-state index in [1.807, 2.05) is 37.3 Å². The number of nitrogens with zero attached hydrogens (tertiary/aromatic N) is 2. The Morgan fingerprint density at radius 1 is 0.913 bits per heavy atom. The third-order valence-corrected chi connectivity index (χ3v) is 3.34. The average Bonchev–Trinajstić information content (AvgIpc) is 2.56. The summed E-state index contributed by atoms with van der Waals surface area (Å²) in [5.74, 6) is 0.690. The van der Waals surface area contributed by atoms with Gasteiger partial charge in [-0.2, -0.15) is 0 Å². The number of halogens is 1. The highest BCUT2D eigenvalue weighted by molar-refractivity contribution is 5.69. The number of nitrogens with two attached hydrogens (primary N) is 1. The van der Waals surface area contributed by atoms with Crippen LogP contribution in [-0.4, -0.2) is 16.6 Å². The van der Waals surface area contributed by atoms with Gasteiger partial charge in [-0.1, -0.05) is 0 Å². The Morgan fingerprint density at radius 2 is 1.43 bits per heavy atom. The monoisotopic (exact) mass is 309 g/mol. The Bertz CT molecular complexity index is 802. The van der Waals surface area contributed by atoms with E-state index >= 15 is 0 Å². The van der Waals surface area contributed by atoms with Crippen LogP contribution >= 0.6 is 0 Å². The molecular formula is C18H16FN3O. The van der Waals surface area contributed by atoms with Gasteiger partial charge < -0.3 is 10.5 Å². The van der Waals surface area contributed by atoms with E-state index in [4.69, 9.17) is 10.5 Å². The molecule has 0 saturated heterocycles. The summed E-state index contributed by atoms with van der Waals surface area (Å²) >= 11 is 0. The molecule has 0 aliphatic heterocycles. The summed E-state index contributed by atoms with van der Waals surface area (Å²) in [6.07, 6.45) is 0. The third kappa shape index (κ3) is 3.45. The molecule has 0 fully saturated rings. The fourth-order valence-electron chi connectivity index (χ4n) is 2.27. The normalized spacial score (nSPS) is 10.5. The minimum atomic E-state index is -0.289. The van der Waals surface area contributed by atoms with Crippen molar-refractivity contribution in [1.82, 2.24) is 9.97 Å². The van der Waals surface area contributed by atoms with Crippen molar-refractivity contribution in [2.75, 3.05) is 12.3 Å². The van der Waals surface area contributed by atoms with Crippen LogP contribution in [-0.2, 0) is 0 Å². The van der Waals surface area contributed by atoms with Crippen molar-refractivity contribution in [3.8, 4) is 28.3 Å². The minimum absolute atomic E-state index is 0.177. The van der Waals surface area contributed by atoms with Crippen LogP contribution < -0.4 is 10.5 Å². The van der Waals surface area contributed by atoms with Gasteiger partial charge in [0, 0.05) is 11.1 Å². The summed E-state index contributed by atoms with van der Waals surface area (Å²) in [6.45, 7) is 2.56. The van der Waals surface area contributed by atoms with Crippen molar-refractivity contribution < 1.29 is 9.13 Å². The van der Waals surface area contributed by atoms with E-state index < -0.39 is 0 Å². The SMILES string of the molecule is CCOc1ccc(-c2cc(-c3ccc(F)cc3)nc(N)n2)cc1. The fraction of sp³-hybridized carbons (Fsp3) is 0.111. The number of rotatable bonds is 4. The van der Waals surface area contributed by atoms with E-state index in [1.165, 1.54) is 12.1 Å². The molecule has 3 aromatic rings. The van der Waals surface area contributed by atoms with E-state index in [1.54, 1.807) is 12.1 Å². The van der Waals surface area contributed by atoms with Gasteiger partial charge in [0.05, 0.1) is 18.0 Å². The molecule has 0 atom stereocenters. The zero-order valence-corrected chi connectivity index (χ0v) is 12.7. The zero-order chi connectivity index (χ0) is 16.2. The lowest BCUT2D eigenvalue weighted by molar-refractivity contribution is 0.340.